The van der Waals surface area contributed by atoms with E-state index in [1.165, 1.54) is 4.90 Å². The Hall–Kier alpha value is -0.910. The van der Waals surface area contributed by atoms with Crippen molar-refractivity contribution < 1.29 is 15.0 Å². The molecule has 1 aromatic rings. The van der Waals surface area contributed by atoms with E-state index in [-0.39, 0.29) is 25.6 Å². The summed E-state index contributed by atoms with van der Waals surface area (Å²) in [6.07, 6.45) is -0.613. The number of halogens is 1. The molecule has 0 heterocycles. The molecule has 2 N–H and O–H groups in total. The van der Waals surface area contributed by atoms with E-state index in [1.54, 1.807) is 25.1 Å². The van der Waals surface area contributed by atoms with Gasteiger partial charge in [-0.05, 0) is 25.1 Å². The Labute approximate surface area is 109 Å². The highest BCUT2D eigenvalue weighted by atomic mass is 79.9. The number of nitrogens with zero attached hydrogens (tertiary/aromatic N) is 1. The van der Waals surface area contributed by atoms with Gasteiger partial charge in [0.1, 0.15) is 0 Å². The maximum atomic E-state index is 12.1. The summed E-state index contributed by atoms with van der Waals surface area (Å²) in [5, 5.41) is 18.2. The lowest BCUT2D eigenvalue weighted by molar-refractivity contribution is 0.0605. The van der Waals surface area contributed by atoms with Crippen molar-refractivity contribution >= 4 is 21.8 Å². The van der Waals surface area contributed by atoms with E-state index in [9.17, 15) is 9.90 Å². The molecular formula is C12H16BrNO3. The van der Waals surface area contributed by atoms with E-state index in [2.05, 4.69) is 15.9 Å². The molecule has 5 heteroatoms. The SMILES string of the molecule is CC(O)CN(CCO)C(=O)c1cccc(Br)c1. The van der Waals surface area contributed by atoms with Crippen molar-refractivity contribution in [2.45, 2.75) is 13.0 Å². The monoisotopic (exact) mass is 301 g/mol. The maximum Gasteiger partial charge on any atom is 0.254 e. The second-order valence-electron chi connectivity index (χ2n) is 3.83. The minimum atomic E-state index is -0.613. The van der Waals surface area contributed by atoms with Gasteiger partial charge in [0.2, 0.25) is 0 Å². The minimum Gasteiger partial charge on any atom is -0.395 e. The normalized spacial score (nSPS) is 12.2. The number of hydrogen-bond donors (Lipinski definition) is 2. The van der Waals surface area contributed by atoms with Crippen molar-refractivity contribution in [1.82, 2.24) is 4.90 Å². The summed E-state index contributed by atoms with van der Waals surface area (Å²) in [7, 11) is 0. The van der Waals surface area contributed by atoms with Crippen LogP contribution in [0.1, 0.15) is 17.3 Å². The van der Waals surface area contributed by atoms with E-state index in [4.69, 9.17) is 5.11 Å². The number of carbonyl (C=O) groups excluding carboxylic acids is 1. The highest BCUT2D eigenvalue weighted by Gasteiger charge is 2.16. The molecule has 0 spiro atoms. The maximum absolute atomic E-state index is 12.1. The third kappa shape index (κ3) is 4.46. The van der Waals surface area contributed by atoms with Gasteiger partial charge in [-0.15, -0.1) is 0 Å². The van der Waals surface area contributed by atoms with Crippen molar-refractivity contribution in [2.24, 2.45) is 0 Å². The first-order valence-corrected chi connectivity index (χ1v) is 6.17. The van der Waals surface area contributed by atoms with Crippen LogP contribution in [0.25, 0.3) is 0 Å². The van der Waals surface area contributed by atoms with Gasteiger partial charge >= 0.3 is 0 Å². The number of hydrogen-bond acceptors (Lipinski definition) is 3. The third-order valence-electron chi connectivity index (χ3n) is 2.21. The molecule has 1 atom stereocenters. The lowest BCUT2D eigenvalue weighted by Gasteiger charge is -2.23. The Kier molecular flexibility index (Phi) is 5.61. The van der Waals surface area contributed by atoms with Gasteiger partial charge < -0.3 is 15.1 Å². The van der Waals surface area contributed by atoms with Gasteiger partial charge in [-0.25, -0.2) is 0 Å². The van der Waals surface area contributed by atoms with Gasteiger partial charge in [-0.1, -0.05) is 22.0 Å². The fourth-order valence-electron chi connectivity index (χ4n) is 1.52. The molecule has 1 unspecified atom stereocenters. The van der Waals surface area contributed by atoms with Crippen molar-refractivity contribution in [2.75, 3.05) is 19.7 Å². The van der Waals surface area contributed by atoms with Crippen LogP contribution in [0.5, 0.6) is 0 Å². The van der Waals surface area contributed by atoms with Crippen LogP contribution < -0.4 is 0 Å². The number of amides is 1. The van der Waals surface area contributed by atoms with E-state index < -0.39 is 6.10 Å². The van der Waals surface area contributed by atoms with Gasteiger partial charge in [0.05, 0.1) is 12.7 Å². The Balaban J connectivity index is 2.83. The summed E-state index contributed by atoms with van der Waals surface area (Å²) in [5.41, 5.74) is 0.536. The van der Waals surface area contributed by atoms with E-state index in [1.807, 2.05) is 6.07 Å². The lowest BCUT2D eigenvalue weighted by atomic mass is 10.2. The molecule has 0 fully saturated rings. The molecule has 17 heavy (non-hydrogen) atoms. The molecule has 0 aliphatic carbocycles. The van der Waals surface area contributed by atoms with Crippen LogP contribution in [0.2, 0.25) is 0 Å². The van der Waals surface area contributed by atoms with E-state index >= 15 is 0 Å². The Morgan fingerprint density at radius 2 is 2.24 bits per heavy atom. The van der Waals surface area contributed by atoms with Gasteiger partial charge in [-0.3, -0.25) is 4.79 Å². The molecule has 0 bridgehead atoms. The summed E-state index contributed by atoms with van der Waals surface area (Å²) in [6.45, 7) is 1.92. The highest BCUT2D eigenvalue weighted by Crippen LogP contribution is 2.13. The zero-order valence-corrected chi connectivity index (χ0v) is 11.2. The van der Waals surface area contributed by atoms with Crippen LogP contribution in [0.15, 0.2) is 28.7 Å². The average molecular weight is 302 g/mol. The molecule has 1 rings (SSSR count). The molecule has 0 radical (unpaired) electrons. The summed E-state index contributed by atoms with van der Waals surface area (Å²) < 4.78 is 0.823. The molecule has 0 saturated heterocycles. The second kappa shape index (κ2) is 6.74. The minimum absolute atomic E-state index is 0.119. The van der Waals surface area contributed by atoms with Crippen molar-refractivity contribution in [1.29, 1.82) is 0 Å². The highest BCUT2D eigenvalue weighted by molar-refractivity contribution is 9.10. The van der Waals surface area contributed by atoms with Crippen molar-refractivity contribution in [3.05, 3.63) is 34.3 Å². The Bertz CT molecular complexity index is 382. The third-order valence-corrected chi connectivity index (χ3v) is 2.71. The molecular weight excluding hydrogens is 286 g/mol. The zero-order valence-electron chi connectivity index (χ0n) is 9.64. The standard InChI is InChI=1S/C12H16BrNO3/c1-9(16)8-14(5-6-15)12(17)10-3-2-4-11(13)7-10/h2-4,7,9,15-16H,5-6,8H2,1H3. The number of carbonyl (C=O) groups is 1. The predicted molar refractivity (Wildman–Crippen MR) is 68.8 cm³/mol. The van der Waals surface area contributed by atoms with E-state index in [0.29, 0.717) is 5.56 Å². The van der Waals surface area contributed by atoms with Gasteiger partial charge in [0.15, 0.2) is 0 Å². The smallest absolute Gasteiger partial charge is 0.254 e. The van der Waals surface area contributed by atoms with Crippen LogP contribution >= 0.6 is 15.9 Å². The first kappa shape index (κ1) is 14.2. The fraction of sp³-hybridized carbons (Fsp3) is 0.417. The first-order chi connectivity index (χ1) is 8.04. The summed E-state index contributed by atoms with van der Waals surface area (Å²) >= 11 is 3.30. The Morgan fingerprint density at radius 1 is 1.53 bits per heavy atom. The molecule has 1 amide bonds. The second-order valence-corrected chi connectivity index (χ2v) is 4.75. The van der Waals surface area contributed by atoms with Gasteiger partial charge in [0.25, 0.3) is 5.91 Å². The number of benzene rings is 1. The Morgan fingerprint density at radius 3 is 2.76 bits per heavy atom. The molecule has 0 saturated carbocycles. The molecule has 1 aromatic carbocycles. The topological polar surface area (TPSA) is 60.8 Å². The van der Waals surface area contributed by atoms with Crippen molar-refractivity contribution in [3.63, 3.8) is 0 Å². The molecule has 0 aliphatic rings. The number of rotatable bonds is 5. The molecule has 0 aromatic heterocycles. The van der Waals surface area contributed by atoms with Crippen LogP contribution in [0.3, 0.4) is 0 Å². The zero-order chi connectivity index (χ0) is 12.8. The fourth-order valence-corrected chi connectivity index (χ4v) is 1.92. The number of aliphatic hydroxyl groups excluding tert-OH is 2. The van der Waals surface area contributed by atoms with Gasteiger partial charge in [0, 0.05) is 23.1 Å². The lowest BCUT2D eigenvalue weighted by Crippen LogP contribution is -2.38. The average Bonchev–Trinajstić information content (AvgIpc) is 2.27. The van der Waals surface area contributed by atoms with Crippen molar-refractivity contribution in [3.8, 4) is 0 Å². The summed E-state index contributed by atoms with van der Waals surface area (Å²) in [4.78, 5) is 13.5. The predicted octanol–water partition coefficient (Wildman–Crippen LogP) is 1.26. The van der Waals surface area contributed by atoms with Crippen LogP contribution in [0, 0.1) is 0 Å². The van der Waals surface area contributed by atoms with E-state index in [0.717, 1.165) is 4.47 Å². The van der Waals surface area contributed by atoms with Crippen LogP contribution in [-0.2, 0) is 0 Å². The van der Waals surface area contributed by atoms with Crippen LogP contribution in [-0.4, -0.2) is 46.8 Å². The molecule has 0 aliphatic heterocycles. The largest absolute Gasteiger partial charge is 0.395 e. The summed E-state index contributed by atoms with van der Waals surface area (Å²) in [5.74, 6) is -0.193. The summed E-state index contributed by atoms with van der Waals surface area (Å²) in [6, 6.07) is 7.03. The van der Waals surface area contributed by atoms with Crippen LogP contribution in [0.4, 0.5) is 0 Å². The quantitative estimate of drug-likeness (QED) is 0.861. The van der Waals surface area contributed by atoms with Gasteiger partial charge in [-0.2, -0.15) is 0 Å². The molecule has 4 nitrogen and oxygen atoms in total. The molecule has 94 valence electrons. The first-order valence-electron chi connectivity index (χ1n) is 5.38. The number of aliphatic hydroxyl groups is 2.